The van der Waals surface area contributed by atoms with Gasteiger partial charge in [0, 0.05) is 17.9 Å². The summed E-state index contributed by atoms with van der Waals surface area (Å²) in [4.78, 5) is 11.7. The maximum atomic E-state index is 12.7. The molecule has 0 radical (unpaired) electrons. The Hall–Kier alpha value is -0.220. The lowest BCUT2D eigenvalue weighted by molar-refractivity contribution is -0.122. The molecule has 0 rings (SSSR count). The van der Waals surface area contributed by atoms with Crippen LogP contribution in [-0.2, 0) is 18.4 Å². The van der Waals surface area contributed by atoms with Gasteiger partial charge in [0.25, 0.3) is 0 Å². The number of carbonyl (C=O) groups excluding carboxylic acids is 1. The minimum atomic E-state index is -3.32. The van der Waals surface area contributed by atoms with Gasteiger partial charge >= 0.3 is 7.75 Å². The molecule has 0 fully saturated rings. The van der Waals surface area contributed by atoms with Crippen molar-refractivity contribution in [3.05, 3.63) is 0 Å². The normalized spacial score (nSPS) is 12.9. The molecule has 0 aromatic carbocycles. The second-order valence-electron chi connectivity index (χ2n) is 6.28. The quantitative estimate of drug-likeness (QED) is 0.542. The van der Waals surface area contributed by atoms with Gasteiger partial charge < -0.3 is 0 Å². The Balaban J connectivity index is 4.64. The summed E-state index contributed by atoms with van der Waals surface area (Å²) in [7, 11) is -3.32. The molecule has 0 saturated carbocycles. The summed E-state index contributed by atoms with van der Waals surface area (Å²) in [5, 5.41) is 2.99. The lowest BCUT2D eigenvalue weighted by Gasteiger charge is -2.31. The van der Waals surface area contributed by atoms with E-state index < -0.39 is 13.3 Å². The van der Waals surface area contributed by atoms with Crippen molar-refractivity contribution in [1.29, 1.82) is 0 Å². The van der Waals surface area contributed by atoms with Crippen molar-refractivity contribution in [2.24, 2.45) is 5.92 Å². The highest BCUT2D eigenvalue weighted by atomic mass is 31.2. The van der Waals surface area contributed by atoms with Gasteiger partial charge in [-0.1, -0.05) is 27.7 Å². The van der Waals surface area contributed by atoms with E-state index in [0.29, 0.717) is 26.1 Å². The number of Topliss-reactive ketones (excluding diaryl/α,β-unsaturated/α-hetero) is 1. The molecule has 0 amide bonds. The predicted octanol–water partition coefficient (Wildman–Crippen LogP) is 4.32. The van der Waals surface area contributed by atoms with Crippen LogP contribution in [0, 0.1) is 5.92 Å². The van der Waals surface area contributed by atoms with E-state index in [4.69, 9.17) is 9.05 Å². The fraction of sp³-hybridized carbons (Fsp3) is 0.933. The number of hydrogen-bond donors (Lipinski definition) is 1. The van der Waals surface area contributed by atoms with Gasteiger partial charge in [-0.3, -0.25) is 13.8 Å². The number of hydrogen-bond acceptors (Lipinski definition) is 4. The SMILES string of the molecule is CCCOP(=O)(NC(C)(C)CCC(=O)C(C)C)OCCC. The zero-order chi connectivity index (χ0) is 16.5. The molecule has 0 saturated heterocycles. The third kappa shape index (κ3) is 9.41. The van der Waals surface area contributed by atoms with E-state index >= 15 is 0 Å². The van der Waals surface area contributed by atoms with Crippen molar-refractivity contribution in [2.45, 2.75) is 72.8 Å². The Labute approximate surface area is 129 Å². The van der Waals surface area contributed by atoms with Crippen LogP contribution in [0.3, 0.4) is 0 Å². The summed E-state index contributed by atoms with van der Waals surface area (Å²) in [6, 6.07) is 0. The Bertz CT molecular complexity index is 344. The number of ketones is 1. The van der Waals surface area contributed by atoms with Crippen LogP contribution in [0.15, 0.2) is 0 Å². The average molecular weight is 321 g/mol. The molecule has 0 aliphatic carbocycles. The van der Waals surface area contributed by atoms with E-state index in [0.717, 1.165) is 12.8 Å². The van der Waals surface area contributed by atoms with Gasteiger partial charge in [0.15, 0.2) is 0 Å². The smallest absolute Gasteiger partial charge is 0.299 e. The zero-order valence-electron chi connectivity index (χ0n) is 14.4. The molecular weight excluding hydrogens is 289 g/mol. The summed E-state index contributed by atoms with van der Waals surface area (Å²) in [5.41, 5.74) is -0.485. The topological polar surface area (TPSA) is 64.6 Å². The molecule has 0 atom stereocenters. The van der Waals surface area contributed by atoms with Gasteiger partial charge in [0.05, 0.1) is 13.2 Å². The van der Waals surface area contributed by atoms with Crippen LogP contribution in [0.25, 0.3) is 0 Å². The van der Waals surface area contributed by atoms with E-state index in [2.05, 4.69) is 5.09 Å². The molecule has 0 aliphatic rings. The van der Waals surface area contributed by atoms with Gasteiger partial charge in [0.2, 0.25) is 0 Å². The molecule has 0 spiro atoms. The Morgan fingerprint density at radius 3 is 2.00 bits per heavy atom. The summed E-state index contributed by atoms with van der Waals surface area (Å²) < 4.78 is 23.5. The fourth-order valence-electron chi connectivity index (χ4n) is 1.68. The summed E-state index contributed by atoms with van der Waals surface area (Å²) in [6.07, 6.45) is 2.60. The predicted molar refractivity (Wildman–Crippen MR) is 86.4 cm³/mol. The van der Waals surface area contributed by atoms with Gasteiger partial charge in [-0.15, -0.1) is 0 Å². The molecule has 0 unspecified atom stereocenters. The number of carbonyl (C=O) groups is 1. The van der Waals surface area contributed by atoms with Crippen molar-refractivity contribution >= 4 is 13.5 Å². The third-order valence-electron chi connectivity index (χ3n) is 3.01. The molecule has 6 heteroatoms. The average Bonchev–Trinajstić information content (AvgIpc) is 2.40. The summed E-state index contributed by atoms with van der Waals surface area (Å²) in [6.45, 7) is 12.3. The summed E-state index contributed by atoms with van der Waals surface area (Å²) >= 11 is 0. The van der Waals surface area contributed by atoms with Crippen molar-refractivity contribution in [1.82, 2.24) is 5.09 Å². The molecule has 0 aliphatic heterocycles. The highest BCUT2D eigenvalue weighted by Gasteiger charge is 2.33. The maximum absolute atomic E-state index is 12.7. The van der Waals surface area contributed by atoms with Crippen LogP contribution in [0.1, 0.15) is 67.2 Å². The van der Waals surface area contributed by atoms with E-state index in [9.17, 15) is 9.36 Å². The third-order valence-corrected chi connectivity index (χ3v) is 4.93. The second kappa shape index (κ2) is 9.73. The molecule has 5 nitrogen and oxygen atoms in total. The Kier molecular flexibility index (Phi) is 9.63. The first-order valence-corrected chi connectivity index (χ1v) is 9.41. The van der Waals surface area contributed by atoms with Crippen LogP contribution in [0.4, 0.5) is 0 Å². The fourth-order valence-corrected chi connectivity index (χ4v) is 3.58. The Morgan fingerprint density at radius 1 is 1.14 bits per heavy atom. The van der Waals surface area contributed by atoms with E-state index in [1.54, 1.807) is 0 Å². The molecule has 0 bridgehead atoms. The monoisotopic (exact) mass is 321 g/mol. The highest BCUT2D eigenvalue weighted by molar-refractivity contribution is 7.51. The van der Waals surface area contributed by atoms with Gasteiger partial charge in [0.1, 0.15) is 5.78 Å². The molecule has 21 heavy (non-hydrogen) atoms. The zero-order valence-corrected chi connectivity index (χ0v) is 15.3. The van der Waals surface area contributed by atoms with Crippen LogP contribution in [-0.4, -0.2) is 24.5 Å². The van der Waals surface area contributed by atoms with Crippen LogP contribution >= 0.6 is 7.75 Å². The van der Waals surface area contributed by atoms with Crippen molar-refractivity contribution in [2.75, 3.05) is 13.2 Å². The van der Waals surface area contributed by atoms with Gasteiger partial charge in [-0.05, 0) is 33.1 Å². The van der Waals surface area contributed by atoms with Gasteiger partial charge in [-0.25, -0.2) is 9.65 Å². The first-order valence-electron chi connectivity index (χ1n) is 7.87. The van der Waals surface area contributed by atoms with Crippen LogP contribution in [0.5, 0.6) is 0 Å². The minimum absolute atomic E-state index is 0.0280. The molecule has 1 N–H and O–H groups in total. The first kappa shape index (κ1) is 20.8. The maximum Gasteiger partial charge on any atom is 0.405 e. The van der Waals surface area contributed by atoms with E-state index in [-0.39, 0.29) is 11.7 Å². The largest absolute Gasteiger partial charge is 0.405 e. The van der Waals surface area contributed by atoms with Gasteiger partial charge in [-0.2, -0.15) is 0 Å². The van der Waals surface area contributed by atoms with E-state index in [1.807, 2.05) is 41.5 Å². The number of nitrogens with one attached hydrogen (secondary N) is 1. The standard InChI is InChI=1S/C15H32NO4P/c1-7-11-19-21(18,20-12-8-2)16-15(5,6)10-9-14(17)13(3)4/h13H,7-12H2,1-6H3,(H,16,18). The lowest BCUT2D eigenvalue weighted by Crippen LogP contribution is -2.38. The Morgan fingerprint density at radius 2 is 1.62 bits per heavy atom. The minimum Gasteiger partial charge on any atom is -0.299 e. The second-order valence-corrected chi connectivity index (χ2v) is 8.02. The highest BCUT2D eigenvalue weighted by Crippen LogP contribution is 2.46. The summed E-state index contributed by atoms with van der Waals surface area (Å²) in [5.74, 6) is 0.240. The molecule has 126 valence electrons. The number of rotatable bonds is 12. The molecular formula is C15H32NO4P. The lowest BCUT2D eigenvalue weighted by atomic mass is 9.95. The van der Waals surface area contributed by atoms with Crippen molar-refractivity contribution in [3.63, 3.8) is 0 Å². The molecule has 0 heterocycles. The van der Waals surface area contributed by atoms with Crippen molar-refractivity contribution < 1.29 is 18.4 Å². The van der Waals surface area contributed by atoms with E-state index in [1.165, 1.54) is 0 Å². The van der Waals surface area contributed by atoms with Crippen LogP contribution < -0.4 is 5.09 Å². The molecule has 0 aromatic heterocycles. The van der Waals surface area contributed by atoms with Crippen molar-refractivity contribution in [3.8, 4) is 0 Å². The van der Waals surface area contributed by atoms with Crippen LogP contribution in [0.2, 0.25) is 0 Å². The molecule has 0 aromatic rings. The first-order chi connectivity index (χ1) is 9.66.